The van der Waals surface area contributed by atoms with Crippen LogP contribution < -0.4 is 14.8 Å². The Labute approximate surface area is 262 Å². The second kappa shape index (κ2) is 17.4. The van der Waals surface area contributed by atoms with E-state index in [4.69, 9.17) is 14.2 Å². The molecule has 0 radical (unpaired) electrons. The third kappa shape index (κ3) is 9.80. The van der Waals surface area contributed by atoms with Gasteiger partial charge in [-0.25, -0.2) is 0 Å². The number of carbonyl (C=O) groups excluding carboxylic acids is 2. The summed E-state index contributed by atoms with van der Waals surface area (Å²) in [6, 6.07) is 2.72. The van der Waals surface area contributed by atoms with Crippen LogP contribution in [0.3, 0.4) is 0 Å². The monoisotopic (exact) mass is 702 g/mol. The van der Waals surface area contributed by atoms with Crippen molar-refractivity contribution in [2.45, 2.75) is 96.2 Å². The summed E-state index contributed by atoms with van der Waals surface area (Å²) in [6.07, 6.45) is 6.19. The Morgan fingerprint density at radius 1 is 1.19 bits per heavy atom. The molecule has 0 saturated heterocycles. The number of methoxy groups -OCH3 is 1. The van der Waals surface area contributed by atoms with Crippen molar-refractivity contribution in [3.8, 4) is 11.5 Å². The van der Waals surface area contributed by atoms with Crippen molar-refractivity contribution in [1.29, 1.82) is 0 Å². The van der Waals surface area contributed by atoms with Gasteiger partial charge in [-0.05, 0) is 79.0 Å². The lowest BCUT2D eigenvalue weighted by molar-refractivity contribution is -0.139. The van der Waals surface area contributed by atoms with Crippen molar-refractivity contribution < 1.29 is 39.1 Å². The highest BCUT2D eigenvalue weighted by molar-refractivity contribution is 14.1. The number of carbonyl (C=O) groups is 2. The van der Waals surface area contributed by atoms with Crippen molar-refractivity contribution in [2.75, 3.05) is 33.4 Å². The molecule has 2 amide bonds. The fourth-order valence-electron chi connectivity index (χ4n) is 5.69. The topological polar surface area (TPSA) is 138 Å². The Hall–Kier alpha value is -1.93. The summed E-state index contributed by atoms with van der Waals surface area (Å²) in [6.45, 7) is 4.47. The molecule has 1 fully saturated rings. The maximum absolute atomic E-state index is 13.7. The third-order valence-corrected chi connectivity index (χ3v) is 8.70. The Balaban J connectivity index is 1.91. The summed E-state index contributed by atoms with van der Waals surface area (Å²) in [5, 5.41) is 33.3. The number of rotatable bonds is 16. The van der Waals surface area contributed by atoms with Gasteiger partial charge in [-0.1, -0.05) is 25.7 Å². The van der Waals surface area contributed by atoms with Crippen molar-refractivity contribution in [3.05, 3.63) is 32.9 Å². The number of benzene rings is 1. The molecule has 2 aliphatic rings. The van der Waals surface area contributed by atoms with E-state index in [1.54, 1.807) is 23.1 Å². The van der Waals surface area contributed by atoms with E-state index in [-0.39, 0.29) is 44.1 Å². The van der Waals surface area contributed by atoms with Gasteiger partial charge >= 0.3 is 0 Å². The van der Waals surface area contributed by atoms with Crippen LogP contribution in [0.15, 0.2) is 23.8 Å². The van der Waals surface area contributed by atoms with E-state index in [9.17, 15) is 24.9 Å². The second-order valence-corrected chi connectivity index (χ2v) is 12.5. The summed E-state index contributed by atoms with van der Waals surface area (Å²) in [5.74, 6) is 0.869. The third-order valence-electron chi connectivity index (χ3n) is 7.90. The highest BCUT2D eigenvalue weighted by atomic mass is 127. The van der Waals surface area contributed by atoms with Crippen LogP contribution in [0.1, 0.15) is 70.8 Å². The number of hydrogen-bond acceptors (Lipinski definition) is 8. The minimum Gasteiger partial charge on any atom is -0.493 e. The minimum atomic E-state index is -1.13. The van der Waals surface area contributed by atoms with E-state index < -0.39 is 18.2 Å². The van der Waals surface area contributed by atoms with Gasteiger partial charge in [-0.3, -0.25) is 9.59 Å². The smallest absolute Gasteiger partial charge is 0.247 e. The zero-order valence-electron chi connectivity index (χ0n) is 25.0. The van der Waals surface area contributed by atoms with Crippen LogP contribution in [0.4, 0.5) is 0 Å². The molecular formula is C31H47IN2O8. The minimum absolute atomic E-state index is 0.0503. The van der Waals surface area contributed by atoms with E-state index in [0.29, 0.717) is 58.1 Å². The molecule has 0 spiro atoms. The van der Waals surface area contributed by atoms with Gasteiger partial charge in [0.2, 0.25) is 11.8 Å². The van der Waals surface area contributed by atoms with E-state index in [0.717, 1.165) is 19.3 Å². The number of aliphatic hydroxyl groups is 3. The molecule has 0 aromatic heterocycles. The Kier molecular flexibility index (Phi) is 14.3. The summed E-state index contributed by atoms with van der Waals surface area (Å²) in [5.41, 5.74) is 1.02. The average molecular weight is 703 g/mol. The average Bonchev–Trinajstić information content (AvgIpc) is 3.50. The normalized spacial score (nSPS) is 20.9. The van der Waals surface area contributed by atoms with Gasteiger partial charge in [0.05, 0.1) is 36.0 Å². The Morgan fingerprint density at radius 2 is 1.93 bits per heavy atom. The number of aliphatic hydroxyl groups excluding tert-OH is 3. The highest BCUT2D eigenvalue weighted by Crippen LogP contribution is 2.37. The van der Waals surface area contributed by atoms with E-state index in [1.165, 1.54) is 20.0 Å². The molecule has 11 heteroatoms. The van der Waals surface area contributed by atoms with Crippen molar-refractivity contribution >= 4 is 34.4 Å². The second-order valence-electron chi connectivity index (χ2n) is 11.3. The van der Waals surface area contributed by atoms with Crippen LogP contribution in [-0.4, -0.2) is 89.8 Å². The molecule has 2 aliphatic carbocycles. The number of nitrogens with one attached hydrogen (secondary N) is 1. The lowest BCUT2D eigenvalue weighted by Gasteiger charge is -2.41. The lowest BCUT2D eigenvalue weighted by atomic mass is 9.87. The predicted molar refractivity (Wildman–Crippen MR) is 167 cm³/mol. The molecule has 3 atom stereocenters. The number of halogens is 1. The van der Waals surface area contributed by atoms with Gasteiger partial charge in [0, 0.05) is 38.1 Å². The highest BCUT2D eigenvalue weighted by Gasteiger charge is 2.41. The first-order valence-corrected chi connectivity index (χ1v) is 16.1. The van der Waals surface area contributed by atoms with E-state index in [2.05, 4.69) is 27.9 Å². The first-order chi connectivity index (χ1) is 20.2. The molecule has 3 rings (SSSR count). The largest absolute Gasteiger partial charge is 0.493 e. The molecule has 42 heavy (non-hydrogen) atoms. The predicted octanol–water partition coefficient (Wildman–Crippen LogP) is 3.32. The number of hydrogen-bond donors (Lipinski definition) is 4. The maximum atomic E-state index is 13.7. The lowest BCUT2D eigenvalue weighted by Crippen LogP contribution is -2.55. The van der Waals surface area contributed by atoms with Crippen LogP contribution in [-0.2, 0) is 20.9 Å². The molecule has 1 aromatic carbocycles. The van der Waals surface area contributed by atoms with Crippen LogP contribution in [0, 0.1) is 9.49 Å². The van der Waals surface area contributed by atoms with Gasteiger partial charge in [0.15, 0.2) is 11.5 Å². The quantitative estimate of drug-likeness (QED) is 0.152. The fourth-order valence-corrected chi connectivity index (χ4v) is 6.49. The standard InChI is InChI=1S/C31H47IN2O8/c1-20(2)41-14-6-12-34(28(37)10-9-21-7-4-5-8-21)25-17-23(31(39)33-11-13-35)18-26(29(25)38)42-30-24(32)15-22(19-36)16-27(30)40-3/h15-16,18,20-21,25-26,29,35-36,38H,4-14,17,19H2,1-3H3,(H,33,39). The zero-order chi connectivity index (χ0) is 30.6. The van der Waals surface area contributed by atoms with Gasteiger partial charge < -0.3 is 39.7 Å². The van der Waals surface area contributed by atoms with Crippen LogP contribution in [0.2, 0.25) is 0 Å². The summed E-state index contributed by atoms with van der Waals surface area (Å²) >= 11 is 2.08. The molecule has 0 heterocycles. The van der Waals surface area contributed by atoms with Gasteiger partial charge in [-0.2, -0.15) is 0 Å². The van der Waals surface area contributed by atoms with Crippen LogP contribution >= 0.6 is 22.6 Å². The zero-order valence-corrected chi connectivity index (χ0v) is 27.2. The number of ether oxygens (including phenoxy) is 3. The summed E-state index contributed by atoms with van der Waals surface area (Å²) in [7, 11) is 1.49. The Bertz CT molecular complexity index is 1060. The Morgan fingerprint density at radius 3 is 2.57 bits per heavy atom. The van der Waals surface area contributed by atoms with Crippen molar-refractivity contribution in [3.63, 3.8) is 0 Å². The summed E-state index contributed by atoms with van der Waals surface area (Å²) < 4.78 is 18.3. The first-order valence-electron chi connectivity index (χ1n) is 15.0. The molecule has 3 unspecified atom stereocenters. The van der Waals surface area contributed by atoms with Gasteiger partial charge in [0.25, 0.3) is 0 Å². The van der Waals surface area contributed by atoms with Crippen molar-refractivity contribution in [2.24, 2.45) is 5.92 Å². The van der Waals surface area contributed by atoms with Crippen molar-refractivity contribution in [1.82, 2.24) is 10.2 Å². The molecule has 0 bridgehead atoms. The molecule has 1 aromatic rings. The number of amides is 2. The van der Waals surface area contributed by atoms with Crippen LogP contribution in [0.5, 0.6) is 11.5 Å². The summed E-state index contributed by atoms with van der Waals surface area (Å²) in [4.78, 5) is 28.6. The van der Waals surface area contributed by atoms with Crippen LogP contribution in [0.25, 0.3) is 0 Å². The van der Waals surface area contributed by atoms with Gasteiger partial charge in [-0.15, -0.1) is 0 Å². The molecule has 4 N–H and O–H groups in total. The SMILES string of the molecule is COc1cc(CO)cc(I)c1OC1C=C(C(=O)NCCO)CC(N(CCCOC(C)C)C(=O)CCC2CCCC2)C1O. The maximum Gasteiger partial charge on any atom is 0.247 e. The fraction of sp³-hybridized carbons (Fsp3) is 0.677. The molecule has 0 aliphatic heterocycles. The van der Waals surface area contributed by atoms with E-state index >= 15 is 0 Å². The van der Waals surface area contributed by atoms with E-state index in [1.807, 2.05) is 13.8 Å². The first kappa shape index (κ1) is 34.6. The molecule has 1 saturated carbocycles. The molecular weight excluding hydrogens is 655 g/mol. The number of nitrogens with zero attached hydrogens (tertiary/aromatic N) is 1. The molecule has 10 nitrogen and oxygen atoms in total. The van der Waals surface area contributed by atoms with Gasteiger partial charge in [0.1, 0.15) is 12.2 Å². The molecule has 236 valence electrons.